The van der Waals surface area contributed by atoms with E-state index >= 15 is 0 Å². The number of urea groups is 1. The molecule has 1 aromatic heterocycles. The predicted molar refractivity (Wildman–Crippen MR) is 131 cm³/mol. The maximum absolute atomic E-state index is 13.1. The van der Waals surface area contributed by atoms with Crippen LogP contribution >= 0.6 is 0 Å². The summed E-state index contributed by atoms with van der Waals surface area (Å²) in [6.07, 6.45) is 3.11. The Bertz CT molecular complexity index is 856. The molecule has 0 aromatic carbocycles. The van der Waals surface area contributed by atoms with E-state index in [4.69, 9.17) is 9.15 Å². The van der Waals surface area contributed by atoms with Crippen LogP contribution in [0, 0.1) is 11.8 Å². The minimum atomic E-state index is -0.730. The summed E-state index contributed by atoms with van der Waals surface area (Å²) in [5, 5.41) is 8.90. The van der Waals surface area contributed by atoms with E-state index in [0.29, 0.717) is 56.6 Å². The first-order chi connectivity index (χ1) is 16.7. The molecule has 2 aliphatic heterocycles. The monoisotopic (exact) mass is 491 g/mol. The highest BCUT2D eigenvalue weighted by Crippen LogP contribution is 2.26. The lowest BCUT2D eigenvalue weighted by molar-refractivity contribution is -0.123. The number of aromatic nitrogens is 1. The van der Waals surface area contributed by atoms with Gasteiger partial charge in [-0.2, -0.15) is 0 Å². The van der Waals surface area contributed by atoms with Crippen molar-refractivity contribution in [3.05, 3.63) is 17.3 Å². The fourth-order valence-corrected chi connectivity index (χ4v) is 4.43. The Kier molecular flexibility index (Phi) is 10.1. The molecule has 2 unspecified atom stereocenters. The summed E-state index contributed by atoms with van der Waals surface area (Å²) in [6, 6.07) is -1.02. The average Bonchev–Trinajstić information content (AvgIpc) is 3.26. The number of nitrogens with zero attached hydrogens (tertiary/aromatic N) is 2. The fraction of sp³-hybridized carbons (Fsp3) is 0.760. The molecule has 3 amide bonds. The van der Waals surface area contributed by atoms with Crippen LogP contribution in [0.5, 0.6) is 0 Å². The number of carbonyl (C=O) groups is 3. The highest BCUT2D eigenvalue weighted by atomic mass is 16.5. The lowest BCUT2D eigenvalue weighted by Crippen LogP contribution is -2.54. The van der Waals surface area contributed by atoms with Gasteiger partial charge in [-0.15, -0.1) is 0 Å². The summed E-state index contributed by atoms with van der Waals surface area (Å²) < 4.78 is 11.3. The molecule has 0 bridgehead atoms. The van der Waals surface area contributed by atoms with Crippen molar-refractivity contribution >= 4 is 17.7 Å². The van der Waals surface area contributed by atoms with Gasteiger partial charge in [0.25, 0.3) is 0 Å². The number of morpholine rings is 1. The molecule has 2 aliphatic rings. The molecule has 2 atom stereocenters. The topological polar surface area (TPSA) is 126 Å². The number of amides is 3. The zero-order valence-corrected chi connectivity index (χ0v) is 21.5. The van der Waals surface area contributed by atoms with Crippen molar-refractivity contribution in [3.8, 4) is 0 Å². The fourth-order valence-electron chi connectivity index (χ4n) is 4.43. The third-order valence-electron chi connectivity index (χ3n) is 6.26. The minimum absolute atomic E-state index is 0.150. The van der Waals surface area contributed by atoms with Crippen LogP contribution in [0.15, 0.2) is 4.42 Å². The largest absolute Gasteiger partial charge is 0.437 e. The van der Waals surface area contributed by atoms with Crippen LogP contribution in [-0.4, -0.2) is 79.6 Å². The van der Waals surface area contributed by atoms with Gasteiger partial charge in [-0.05, 0) is 44.1 Å². The van der Waals surface area contributed by atoms with Gasteiger partial charge in [-0.25, -0.2) is 9.78 Å². The molecule has 196 valence electrons. The molecule has 0 saturated carbocycles. The Balaban J connectivity index is 1.64. The van der Waals surface area contributed by atoms with Gasteiger partial charge in [0.15, 0.2) is 11.7 Å². The predicted octanol–water partition coefficient (Wildman–Crippen LogP) is 2.10. The smallest absolute Gasteiger partial charge is 0.318 e. The molecule has 0 radical (unpaired) electrons. The van der Waals surface area contributed by atoms with E-state index in [1.54, 1.807) is 4.90 Å². The van der Waals surface area contributed by atoms with Crippen molar-refractivity contribution < 1.29 is 23.5 Å². The van der Waals surface area contributed by atoms with Crippen LogP contribution in [-0.2, 0) is 16.0 Å². The molecule has 3 rings (SSSR count). The number of carbonyl (C=O) groups excluding carboxylic acids is 3. The second-order valence-corrected chi connectivity index (χ2v) is 10.3. The van der Waals surface area contributed by atoms with E-state index in [0.717, 1.165) is 25.9 Å². The van der Waals surface area contributed by atoms with Gasteiger partial charge in [0.1, 0.15) is 6.04 Å². The normalized spacial score (nSPS) is 19.6. The Labute approximate surface area is 207 Å². The van der Waals surface area contributed by atoms with Crippen LogP contribution in [0.2, 0.25) is 0 Å². The van der Waals surface area contributed by atoms with E-state index < -0.39 is 6.04 Å². The molecule has 35 heavy (non-hydrogen) atoms. The molecule has 0 aliphatic carbocycles. The highest BCUT2D eigenvalue weighted by Gasteiger charge is 2.29. The number of piperidine rings is 1. The third-order valence-corrected chi connectivity index (χ3v) is 6.26. The van der Waals surface area contributed by atoms with Gasteiger partial charge >= 0.3 is 6.03 Å². The molecule has 3 N–H and O–H groups in total. The molecule has 2 saturated heterocycles. The molecular weight excluding hydrogens is 450 g/mol. The van der Waals surface area contributed by atoms with Gasteiger partial charge in [-0.1, -0.05) is 27.7 Å². The van der Waals surface area contributed by atoms with Crippen LogP contribution < -0.4 is 16.0 Å². The molecule has 10 nitrogen and oxygen atoms in total. The highest BCUT2D eigenvalue weighted by molar-refractivity contribution is 5.98. The Morgan fingerprint density at radius 3 is 2.51 bits per heavy atom. The molecule has 0 spiro atoms. The van der Waals surface area contributed by atoms with E-state index in [1.165, 1.54) is 0 Å². The maximum atomic E-state index is 13.1. The summed E-state index contributed by atoms with van der Waals surface area (Å²) >= 11 is 0. The number of rotatable bonds is 10. The summed E-state index contributed by atoms with van der Waals surface area (Å²) in [5.41, 5.74) is 0.652. The van der Waals surface area contributed by atoms with Gasteiger partial charge in [0, 0.05) is 25.6 Å². The Hall–Kier alpha value is -2.46. The average molecular weight is 492 g/mol. The lowest BCUT2D eigenvalue weighted by atomic mass is 10.00. The summed E-state index contributed by atoms with van der Waals surface area (Å²) in [7, 11) is 0. The molecule has 1 aromatic rings. The first-order valence-electron chi connectivity index (χ1n) is 12.9. The lowest BCUT2D eigenvalue weighted by Gasteiger charge is -2.29. The van der Waals surface area contributed by atoms with Crippen molar-refractivity contribution in [2.45, 2.75) is 65.3 Å². The first kappa shape index (κ1) is 27.1. The summed E-state index contributed by atoms with van der Waals surface area (Å²) in [4.78, 5) is 45.0. The molecule has 2 fully saturated rings. The Morgan fingerprint density at radius 2 is 1.89 bits per heavy atom. The van der Waals surface area contributed by atoms with Crippen molar-refractivity contribution in [1.82, 2.24) is 25.8 Å². The van der Waals surface area contributed by atoms with E-state index in [2.05, 4.69) is 34.8 Å². The SMILES string of the molecule is CC(C)Cc1nc(C2CCCNC2)oc1C(=O)CNC(=O)C(CC(C)C)NC(=O)N1CCOCC1. The number of nitrogens with one attached hydrogen (secondary N) is 3. The second-order valence-electron chi connectivity index (χ2n) is 10.3. The number of oxazole rings is 1. The van der Waals surface area contributed by atoms with Gasteiger partial charge < -0.3 is 30.0 Å². The van der Waals surface area contributed by atoms with Gasteiger partial charge in [0.05, 0.1) is 25.5 Å². The van der Waals surface area contributed by atoms with Crippen LogP contribution in [0.25, 0.3) is 0 Å². The van der Waals surface area contributed by atoms with Crippen molar-refractivity contribution in [2.75, 3.05) is 45.9 Å². The van der Waals surface area contributed by atoms with E-state index in [-0.39, 0.29) is 41.9 Å². The number of ketones is 1. The summed E-state index contributed by atoms with van der Waals surface area (Å²) in [5.74, 6) is 0.788. The van der Waals surface area contributed by atoms with Crippen molar-refractivity contribution in [1.29, 1.82) is 0 Å². The van der Waals surface area contributed by atoms with Gasteiger partial charge in [0.2, 0.25) is 11.7 Å². The zero-order valence-electron chi connectivity index (χ0n) is 21.5. The van der Waals surface area contributed by atoms with E-state index in [1.807, 2.05) is 13.8 Å². The number of hydrogen-bond donors (Lipinski definition) is 3. The molecule has 3 heterocycles. The number of ether oxygens (including phenoxy) is 1. The standard InChI is InChI=1S/C25H41N5O5/c1-16(2)12-19-22(35-24(28-19)18-6-5-7-26-14-18)21(31)15-27-23(32)20(13-17(3)4)29-25(33)30-8-10-34-11-9-30/h16-18,20,26H,5-15H2,1-4H3,(H,27,32)(H,29,33). The molecule has 10 heteroatoms. The van der Waals surface area contributed by atoms with Gasteiger partial charge in [-0.3, -0.25) is 9.59 Å². The number of hydrogen-bond acceptors (Lipinski definition) is 7. The second kappa shape index (κ2) is 13.0. The van der Waals surface area contributed by atoms with Crippen LogP contribution in [0.4, 0.5) is 4.79 Å². The minimum Gasteiger partial charge on any atom is -0.437 e. The van der Waals surface area contributed by atoms with Crippen LogP contribution in [0.1, 0.15) is 75.0 Å². The zero-order chi connectivity index (χ0) is 25.4. The first-order valence-corrected chi connectivity index (χ1v) is 12.9. The quantitative estimate of drug-likeness (QED) is 0.428. The third kappa shape index (κ3) is 8.03. The van der Waals surface area contributed by atoms with E-state index in [9.17, 15) is 14.4 Å². The van der Waals surface area contributed by atoms with Crippen molar-refractivity contribution in [3.63, 3.8) is 0 Å². The van der Waals surface area contributed by atoms with Crippen LogP contribution in [0.3, 0.4) is 0 Å². The van der Waals surface area contributed by atoms with Crippen molar-refractivity contribution in [2.24, 2.45) is 11.8 Å². The number of Topliss-reactive ketones (excluding diaryl/α,β-unsaturated/α-hetero) is 1. The molecular formula is C25H41N5O5. The maximum Gasteiger partial charge on any atom is 0.318 e. The Morgan fingerprint density at radius 1 is 1.14 bits per heavy atom. The summed E-state index contributed by atoms with van der Waals surface area (Å²) in [6.45, 7) is 11.6.